The molecule has 1 atom stereocenters. The second-order valence-corrected chi connectivity index (χ2v) is 7.27. The molecule has 1 unspecified atom stereocenters. The van der Waals surface area contributed by atoms with Gasteiger partial charge in [0.25, 0.3) is 0 Å². The third kappa shape index (κ3) is 4.76. The zero-order chi connectivity index (χ0) is 18.4. The number of nitrogens with one attached hydrogen (secondary N) is 2. The van der Waals surface area contributed by atoms with Crippen LogP contribution in [-0.2, 0) is 12.8 Å². The quantitative estimate of drug-likeness (QED) is 0.650. The number of amides is 2. The topological polar surface area (TPSA) is 50.4 Å². The monoisotopic (exact) mass is 368 g/mol. The number of carbonyl (C=O) groups excluding carboxylic acids is 1. The summed E-state index contributed by atoms with van der Waals surface area (Å²) >= 11 is 1.75. The summed E-state index contributed by atoms with van der Waals surface area (Å²) in [6, 6.07) is 16.2. The maximum absolute atomic E-state index is 12.1. The molecule has 5 heteroatoms. The van der Waals surface area contributed by atoms with Gasteiger partial charge in [-0.15, -0.1) is 11.3 Å². The van der Waals surface area contributed by atoms with E-state index < -0.39 is 0 Å². The molecule has 0 radical (unpaired) electrons. The number of benzene rings is 2. The van der Waals surface area contributed by atoms with Crippen LogP contribution in [-0.4, -0.2) is 25.7 Å². The van der Waals surface area contributed by atoms with E-state index in [0.29, 0.717) is 6.54 Å². The lowest BCUT2D eigenvalue weighted by molar-refractivity contribution is 0.238. The fraction of sp³-hybridized carbons (Fsp3) is 0.286. The van der Waals surface area contributed by atoms with Gasteiger partial charge in [-0.2, -0.15) is 0 Å². The van der Waals surface area contributed by atoms with Crippen molar-refractivity contribution < 1.29 is 9.53 Å². The highest BCUT2D eigenvalue weighted by atomic mass is 32.1. The minimum atomic E-state index is -0.120. The van der Waals surface area contributed by atoms with Crippen molar-refractivity contribution in [2.24, 2.45) is 0 Å². The van der Waals surface area contributed by atoms with Crippen LogP contribution in [0.4, 0.5) is 4.79 Å². The number of rotatable bonds is 7. The predicted molar refractivity (Wildman–Crippen MR) is 108 cm³/mol. The highest BCUT2D eigenvalue weighted by Crippen LogP contribution is 2.26. The molecule has 4 nitrogen and oxygen atoms in total. The fourth-order valence-electron chi connectivity index (χ4n) is 2.96. The van der Waals surface area contributed by atoms with Gasteiger partial charge < -0.3 is 15.4 Å². The van der Waals surface area contributed by atoms with Crippen molar-refractivity contribution >= 4 is 27.5 Å². The van der Waals surface area contributed by atoms with Crippen LogP contribution in [0.3, 0.4) is 0 Å². The normalized spacial score (nSPS) is 11.9. The molecule has 0 spiro atoms. The Kier molecular flexibility index (Phi) is 6.12. The second kappa shape index (κ2) is 8.72. The van der Waals surface area contributed by atoms with E-state index in [-0.39, 0.29) is 12.1 Å². The Morgan fingerprint density at radius 2 is 1.92 bits per heavy atom. The van der Waals surface area contributed by atoms with Crippen LogP contribution in [0.5, 0.6) is 5.75 Å². The highest BCUT2D eigenvalue weighted by Gasteiger charge is 2.11. The largest absolute Gasteiger partial charge is 0.497 e. The first-order chi connectivity index (χ1) is 12.7. The van der Waals surface area contributed by atoms with Crippen LogP contribution < -0.4 is 15.4 Å². The van der Waals surface area contributed by atoms with Gasteiger partial charge in [0.05, 0.1) is 7.11 Å². The molecule has 2 aromatic carbocycles. The van der Waals surface area contributed by atoms with Crippen LogP contribution in [0, 0.1) is 0 Å². The number of urea groups is 1. The number of carbonyl (C=O) groups is 1. The SMILES string of the molecule is COc1ccc(CCNC(=O)NC(C)Cc2csc3ccccc23)cc1. The van der Waals surface area contributed by atoms with E-state index in [4.69, 9.17) is 4.74 Å². The Labute approximate surface area is 158 Å². The first-order valence-corrected chi connectivity index (χ1v) is 9.66. The van der Waals surface area contributed by atoms with Crippen LogP contribution in [0.15, 0.2) is 53.9 Å². The van der Waals surface area contributed by atoms with Gasteiger partial charge in [0.2, 0.25) is 0 Å². The zero-order valence-corrected chi connectivity index (χ0v) is 15.9. The molecule has 0 bridgehead atoms. The van der Waals surface area contributed by atoms with E-state index in [1.807, 2.05) is 31.2 Å². The van der Waals surface area contributed by atoms with Crippen molar-refractivity contribution in [3.8, 4) is 5.75 Å². The summed E-state index contributed by atoms with van der Waals surface area (Å²) in [5.41, 5.74) is 2.46. The highest BCUT2D eigenvalue weighted by molar-refractivity contribution is 7.17. The van der Waals surface area contributed by atoms with Crippen molar-refractivity contribution in [3.63, 3.8) is 0 Å². The first kappa shape index (κ1) is 18.3. The van der Waals surface area contributed by atoms with Gasteiger partial charge in [-0.05, 0) is 59.9 Å². The van der Waals surface area contributed by atoms with E-state index in [1.54, 1.807) is 18.4 Å². The summed E-state index contributed by atoms with van der Waals surface area (Å²) in [7, 11) is 1.65. The molecule has 0 aliphatic carbocycles. The summed E-state index contributed by atoms with van der Waals surface area (Å²) in [6.07, 6.45) is 1.62. The van der Waals surface area contributed by atoms with Gasteiger partial charge in [0, 0.05) is 17.3 Å². The van der Waals surface area contributed by atoms with Crippen LogP contribution in [0.1, 0.15) is 18.1 Å². The Bertz CT molecular complexity index is 858. The third-order valence-corrected chi connectivity index (χ3v) is 5.34. The Balaban J connectivity index is 1.43. The number of ether oxygens (including phenoxy) is 1. The lowest BCUT2D eigenvalue weighted by atomic mass is 10.1. The Hall–Kier alpha value is -2.53. The standard InChI is InChI=1S/C21H24N2O2S/c1-15(13-17-14-26-20-6-4-3-5-19(17)20)23-21(24)22-12-11-16-7-9-18(25-2)10-8-16/h3-10,14-15H,11-13H2,1-2H3,(H2,22,23,24). The second-order valence-electron chi connectivity index (χ2n) is 6.36. The molecule has 0 fully saturated rings. The van der Waals surface area contributed by atoms with Gasteiger partial charge in [0.1, 0.15) is 5.75 Å². The summed E-state index contributed by atoms with van der Waals surface area (Å²) in [5, 5.41) is 9.42. The molecule has 1 heterocycles. The number of hydrogen-bond donors (Lipinski definition) is 2. The number of fused-ring (bicyclic) bond motifs is 1. The average Bonchev–Trinajstić information content (AvgIpc) is 3.05. The van der Waals surface area contributed by atoms with E-state index in [9.17, 15) is 4.79 Å². The van der Waals surface area contributed by atoms with Crippen molar-refractivity contribution in [3.05, 3.63) is 65.0 Å². The molecule has 0 aliphatic heterocycles. The van der Waals surface area contributed by atoms with Gasteiger partial charge in [-0.25, -0.2) is 4.79 Å². The lowest BCUT2D eigenvalue weighted by Crippen LogP contribution is -2.42. The molecule has 136 valence electrons. The van der Waals surface area contributed by atoms with Gasteiger partial charge in [0.15, 0.2) is 0 Å². The van der Waals surface area contributed by atoms with Gasteiger partial charge in [-0.3, -0.25) is 0 Å². The van der Waals surface area contributed by atoms with Crippen molar-refractivity contribution in [1.82, 2.24) is 10.6 Å². The smallest absolute Gasteiger partial charge is 0.315 e. The molecule has 2 N–H and O–H groups in total. The van der Waals surface area contributed by atoms with Crippen molar-refractivity contribution in [2.75, 3.05) is 13.7 Å². The molecular weight excluding hydrogens is 344 g/mol. The fourth-order valence-corrected chi connectivity index (χ4v) is 3.93. The molecule has 2 amide bonds. The maximum atomic E-state index is 12.1. The number of hydrogen-bond acceptors (Lipinski definition) is 3. The Morgan fingerprint density at radius 3 is 2.69 bits per heavy atom. The summed E-state index contributed by atoms with van der Waals surface area (Å²) in [5.74, 6) is 0.842. The molecule has 0 saturated heterocycles. The average molecular weight is 369 g/mol. The van der Waals surface area contributed by atoms with E-state index in [2.05, 4.69) is 40.3 Å². The molecule has 3 rings (SSSR count). The molecule has 3 aromatic rings. The van der Waals surface area contributed by atoms with Crippen LogP contribution in [0.2, 0.25) is 0 Å². The summed E-state index contributed by atoms with van der Waals surface area (Å²) < 4.78 is 6.44. The first-order valence-electron chi connectivity index (χ1n) is 8.78. The number of methoxy groups -OCH3 is 1. The van der Waals surface area contributed by atoms with Crippen LogP contribution in [0.25, 0.3) is 10.1 Å². The molecule has 0 aliphatic rings. The van der Waals surface area contributed by atoms with Crippen molar-refractivity contribution in [2.45, 2.75) is 25.8 Å². The zero-order valence-electron chi connectivity index (χ0n) is 15.1. The van der Waals surface area contributed by atoms with Crippen LogP contribution >= 0.6 is 11.3 Å². The summed E-state index contributed by atoms with van der Waals surface area (Å²) in [6.45, 7) is 2.64. The minimum absolute atomic E-state index is 0.0778. The molecule has 0 saturated carbocycles. The predicted octanol–water partition coefficient (Wildman–Crippen LogP) is 4.38. The maximum Gasteiger partial charge on any atom is 0.315 e. The molecule has 1 aromatic heterocycles. The Morgan fingerprint density at radius 1 is 1.15 bits per heavy atom. The third-order valence-electron chi connectivity index (χ3n) is 4.32. The molecular formula is C21H24N2O2S. The lowest BCUT2D eigenvalue weighted by Gasteiger charge is -2.14. The molecule has 26 heavy (non-hydrogen) atoms. The minimum Gasteiger partial charge on any atom is -0.497 e. The van der Waals surface area contributed by atoms with Gasteiger partial charge >= 0.3 is 6.03 Å². The van der Waals surface area contributed by atoms with Crippen molar-refractivity contribution in [1.29, 1.82) is 0 Å². The van der Waals surface area contributed by atoms with Gasteiger partial charge in [-0.1, -0.05) is 30.3 Å². The van der Waals surface area contributed by atoms with E-state index in [1.165, 1.54) is 21.2 Å². The number of thiophene rings is 1. The van der Waals surface area contributed by atoms with E-state index >= 15 is 0 Å². The summed E-state index contributed by atoms with van der Waals surface area (Å²) in [4.78, 5) is 12.1. The van der Waals surface area contributed by atoms with E-state index in [0.717, 1.165) is 18.6 Å².